The average molecular weight is 227 g/mol. The van der Waals surface area contributed by atoms with Crippen molar-refractivity contribution in [2.75, 3.05) is 11.9 Å². The van der Waals surface area contributed by atoms with Crippen LogP contribution in [0.1, 0.15) is 12.8 Å². The molecule has 2 heterocycles. The standard InChI is InChI=1S/C9H11ClN4O/c10-7-2-3-8(14-13-7)12-6-1-4-9(15)11-5-6/h2-3,6H,1,4-5H2,(H,11,15)(H,12,14)/t6-/m1/s1. The molecule has 0 aliphatic carbocycles. The summed E-state index contributed by atoms with van der Waals surface area (Å²) in [6.45, 7) is 0.628. The van der Waals surface area contributed by atoms with Crippen LogP contribution in [-0.2, 0) is 4.79 Å². The Morgan fingerprint density at radius 1 is 1.47 bits per heavy atom. The molecule has 0 spiro atoms. The minimum atomic E-state index is 0.107. The smallest absolute Gasteiger partial charge is 0.220 e. The zero-order valence-corrected chi connectivity index (χ0v) is 8.79. The van der Waals surface area contributed by atoms with Gasteiger partial charge in [-0.15, -0.1) is 10.2 Å². The van der Waals surface area contributed by atoms with Crippen molar-refractivity contribution in [3.05, 3.63) is 17.3 Å². The minimum absolute atomic E-state index is 0.107. The maximum absolute atomic E-state index is 10.9. The number of hydrogen-bond acceptors (Lipinski definition) is 4. The van der Waals surface area contributed by atoms with Crippen LogP contribution >= 0.6 is 11.6 Å². The maximum atomic E-state index is 10.9. The molecule has 5 nitrogen and oxygen atoms in total. The Balaban J connectivity index is 1.91. The summed E-state index contributed by atoms with van der Waals surface area (Å²) in [6.07, 6.45) is 1.37. The molecule has 1 amide bonds. The Kier molecular flexibility index (Phi) is 3.01. The highest BCUT2D eigenvalue weighted by Gasteiger charge is 2.17. The Morgan fingerprint density at radius 3 is 2.93 bits per heavy atom. The molecule has 0 bridgehead atoms. The molecule has 0 unspecified atom stereocenters. The average Bonchev–Trinajstić information content (AvgIpc) is 2.25. The molecule has 1 aromatic rings. The molecule has 0 saturated carbocycles. The van der Waals surface area contributed by atoms with Crippen LogP contribution in [0.2, 0.25) is 5.15 Å². The SMILES string of the molecule is O=C1CC[C@@H](Nc2ccc(Cl)nn2)CN1. The van der Waals surface area contributed by atoms with E-state index in [1.165, 1.54) is 0 Å². The number of anilines is 1. The van der Waals surface area contributed by atoms with Crippen LogP contribution in [0.15, 0.2) is 12.1 Å². The van der Waals surface area contributed by atoms with Crippen molar-refractivity contribution >= 4 is 23.3 Å². The van der Waals surface area contributed by atoms with E-state index >= 15 is 0 Å². The summed E-state index contributed by atoms with van der Waals surface area (Å²) in [5.41, 5.74) is 0. The normalized spacial score (nSPS) is 20.9. The number of amides is 1. The van der Waals surface area contributed by atoms with Gasteiger partial charge in [-0.25, -0.2) is 0 Å². The van der Waals surface area contributed by atoms with Gasteiger partial charge in [-0.05, 0) is 18.6 Å². The second-order valence-electron chi connectivity index (χ2n) is 3.43. The third-order valence-corrected chi connectivity index (χ3v) is 2.45. The largest absolute Gasteiger partial charge is 0.364 e. The maximum Gasteiger partial charge on any atom is 0.220 e. The molecule has 2 N–H and O–H groups in total. The van der Waals surface area contributed by atoms with Gasteiger partial charge < -0.3 is 10.6 Å². The van der Waals surface area contributed by atoms with Gasteiger partial charge in [0.1, 0.15) is 5.82 Å². The molecule has 0 aromatic carbocycles. The molecule has 1 fully saturated rings. The molecular formula is C9H11ClN4O. The zero-order chi connectivity index (χ0) is 10.7. The van der Waals surface area contributed by atoms with E-state index in [-0.39, 0.29) is 11.9 Å². The summed E-state index contributed by atoms with van der Waals surface area (Å²) in [5.74, 6) is 0.788. The van der Waals surface area contributed by atoms with Gasteiger partial charge in [0.05, 0.1) is 0 Å². The van der Waals surface area contributed by atoms with Crippen LogP contribution in [-0.4, -0.2) is 28.7 Å². The quantitative estimate of drug-likeness (QED) is 0.784. The van der Waals surface area contributed by atoms with E-state index in [9.17, 15) is 4.79 Å². The first-order valence-corrected chi connectivity index (χ1v) is 5.14. The highest BCUT2D eigenvalue weighted by molar-refractivity contribution is 6.29. The minimum Gasteiger partial charge on any atom is -0.364 e. The topological polar surface area (TPSA) is 66.9 Å². The van der Waals surface area contributed by atoms with Gasteiger partial charge >= 0.3 is 0 Å². The van der Waals surface area contributed by atoms with Crippen LogP contribution < -0.4 is 10.6 Å². The van der Waals surface area contributed by atoms with E-state index in [0.717, 1.165) is 6.42 Å². The lowest BCUT2D eigenvalue weighted by atomic mass is 10.1. The molecule has 15 heavy (non-hydrogen) atoms. The van der Waals surface area contributed by atoms with Crippen molar-refractivity contribution in [2.45, 2.75) is 18.9 Å². The highest BCUT2D eigenvalue weighted by Crippen LogP contribution is 2.11. The van der Waals surface area contributed by atoms with Gasteiger partial charge in [-0.2, -0.15) is 0 Å². The summed E-state index contributed by atoms with van der Waals surface area (Å²) in [7, 11) is 0. The fourth-order valence-corrected chi connectivity index (χ4v) is 1.56. The van der Waals surface area contributed by atoms with E-state index in [1.807, 2.05) is 0 Å². The molecule has 80 valence electrons. The summed E-state index contributed by atoms with van der Waals surface area (Å²) in [5, 5.41) is 14.0. The number of hydrogen-bond donors (Lipinski definition) is 2. The number of carbonyl (C=O) groups excluding carboxylic acids is 1. The molecule has 0 radical (unpaired) electrons. The fourth-order valence-electron chi connectivity index (χ4n) is 1.46. The second kappa shape index (κ2) is 4.44. The van der Waals surface area contributed by atoms with Crippen LogP contribution in [0.4, 0.5) is 5.82 Å². The van der Waals surface area contributed by atoms with Crippen LogP contribution in [0.25, 0.3) is 0 Å². The van der Waals surface area contributed by atoms with Gasteiger partial charge in [0.15, 0.2) is 5.15 Å². The third kappa shape index (κ3) is 2.79. The van der Waals surface area contributed by atoms with E-state index in [0.29, 0.717) is 23.9 Å². The van der Waals surface area contributed by atoms with E-state index < -0.39 is 0 Å². The number of rotatable bonds is 2. The molecule has 1 atom stereocenters. The lowest BCUT2D eigenvalue weighted by Gasteiger charge is -2.23. The molecule has 6 heteroatoms. The lowest BCUT2D eigenvalue weighted by Crippen LogP contribution is -2.42. The van der Waals surface area contributed by atoms with Crippen molar-refractivity contribution < 1.29 is 4.79 Å². The van der Waals surface area contributed by atoms with Gasteiger partial charge in [-0.3, -0.25) is 4.79 Å². The Labute approximate surface area is 92.2 Å². The van der Waals surface area contributed by atoms with E-state index in [2.05, 4.69) is 20.8 Å². The number of carbonyl (C=O) groups is 1. The van der Waals surface area contributed by atoms with Crippen molar-refractivity contribution in [3.63, 3.8) is 0 Å². The van der Waals surface area contributed by atoms with E-state index in [4.69, 9.17) is 11.6 Å². The van der Waals surface area contributed by atoms with Crippen molar-refractivity contribution in [3.8, 4) is 0 Å². The Morgan fingerprint density at radius 2 is 2.33 bits per heavy atom. The van der Waals surface area contributed by atoms with Crippen molar-refractivity contribution in [2.24, 2.45) is 0 Å². The summed E-state index contributed by atoms with van der Waals surface area (Å²) >= 11 is 5.62. The Hall–Kier alpha value is -1.36. The van der Waals surface area contributed by atoms with Crippen molar-refractivity contribution in [1.29, 1.82) is 0 Å². The highest BCUT2D eigenvalue weighted by atomic mass is 35.5. The molecule has 1 saturated heterocycles. The lowest BCUT2D eigenvalue weighted by molar-refractivity contribution is -0.122. The van der Waals surface area contributed by atoms with Gasteiger partial charge in [0.2, 0.25) is 5.91 Å². The number of halogens is 1. The molecule has 1 aliphatic heterocycles. The van der Waals surface area contributed by atoms with Gasteiger partial charge in [0, 0.05) is 19.0 Å². The second-order valence-corrected chi connectivity index (χ2v) is 3.81. The van der Waals surface area contributed by atoms with Gasteiger partial charge in [-0.1, -0.05) is 11.6 Å². The monoisotopic (exact) mass is 226 g/mol. The zero-order valence-electron chi connectivity index (χ0n) is 8.03. The first-order valence-electron chi connectivity index (χ1n) is 4.76. The summed E-state index contributed by atoms with van der Waals surface area (Å²) < 4.78 is 0. The third-order valence-electron chi connectivity index (χ3n) is 2.25. The van der Waals surface area contributed by atoms with Crippen molar-refractivity contribution in [1.82, 2.24) is 15.5 Å². The van der Waals surface area contributed by atoms with E-state index in [1.54, 1.807) is 12.1 Å². The predicted molar refractivity (Wildman–Crippen MR) is 56.7 cm³/mol. The first-order chi connectivity index (χ1) is 7.24. The molecule has 2 rings (SSSR count). The van der Waals surface area contributed by atoms with Gasteiger partial charge in [0.25, 0.3) is 0 Å². The summed E-state index contributed by atoms with van der Waals surface area (Å²) in [6, 6.07) is 3.67. The summed E-state index contributed by atoms with van der Waals surface area (Å²) in [4.78, 5) is 10.9. The predicted octanol–water partition coefficient (Wildman–Crippen LogP) is 0.820. The molecular weight excluding hydrogens is 216 g/mol. The first kappa shape index (κ1) is 10.2. The number of nitrogens with one attached hydrogen (secondary N) is 2. The molecule has 1 aliphatic rings. The van der Waals surface area contributed by atoms with Crippen LogP contribution in [0.3, 0.4) is 0 Å². The number of piperidine rings is 1. The number of aromatic nitrogens is 2. The fraction of sp³-hybridized carbons (Fsp3) is 0.444. The van der Waals surface area contributed by atoms with Crippen LogP contribution in [0.5, 0.6) is 0 Å². The molecule has 1 aromatic heterocycles. The number of nitrogens with zero attached hydrogens (tertiary/aromatic N) is 2. The Bertz CT molecular complexity index is 344. The van der Waals surface area contributed by atoms with Crippen LogP contribution in [0, 0.1) is 0 Å².